The molecule has 1 aliphatic carbocycles. The largest absolute Gasteiger partial charge is 0.468 e. The summed E-state index contributed by atoms with van der Waals surface area (Å²) >= 11 is 3.31. The van der Waals surface area contributed by atoms with E-state index in [1.165, 1.54) is 21.3 Å². The minimum Gasteiger partial charge on any atom is -0.468 e. The van der Waals surface area contributed by atoms with Crippen LogP contribution in [-0.2, 0) is 33.4 Å². The average molecular weight is 494 g/mol. The third-order valence-corrected chi connectivity index (χ3v) is 5.55. The highest BCUT2D eigenvalue weighted by atomic mass is 79.9. The molecule has 2 N–H and O–H groups in total. The summed E-state index contributed by atoms with van der Waals surface area (Å²) in [6.07, 6.45) is 3.92. The molecule has 11 heteroatoms. The molecule has 0 heterocycles. The number of esters is 3. The minimum atomic E-state index is -1.28. The topological polar surface area (TPSA) is 123 Å². The molecule has 1 aliphatic rings. The molecule has 0 aromatic rings. The van der Waals surface area contributed by atoms with Crippen molar-refractivity contribution in [3.8, 4) is 0 Å². The Hall–Kier alpha value is -1.72. The number of hydrogen-bond acceptors (Lipinski definition) is 9. The third kappa shape index (κ3) is 8.57. The molecule has 1 amide bonds. The Balaban J connectivity index is 2.99. The van der Waals surface area contributed by atoms with Crippen LogP contribution in [0, 0.1) is 0 Å². The maximum absolute atomic E-state index is 12.4. The first-order valence-electron chi connectivity index (χ1n) is 9.93. The van der Waals surface area contributed by atoms with Crippen LogP contribution >= 0.6 is 15.9 Å². The van der Waals surface area contributed by atoms with Crippen LogP contribution in [0.3, 0.4) is 0 Å². The second-order valence-electron chi connectivity index (χ2n) is 6.98. The van der Waals surface area contributed by atoms with Gasteiger partial charge in [-0.2, -0.15) is 0 Å². The summed E-state index contributed by atoms with van der Waals surface area (Å²) in [6, 6.07) is -1.85. The number of ether oxygens (including phenoxy) is 3. The number of amides is 1. The van der Waals surface area contributed by atoms with Crippen molar-refractivity contribution in [1.82, 2.24) is 15.5 Å². The lowest BCUT2D eigenvalue weighted by Crippen LogP contribution is -2.60. The Bertz CT molecular complexity index is 574. The molecular weight excluding hydrogens is 462 g/mol. The van der Waals surface area contributed by atoms with Crippen LogP contribution in [0.2, 0.25) is 0 Å². The number of hydrogen-bond donors (Lipinski definition) is 2. The van der Waals surface area contributed by atoms with Crippen molar-refractivity contribution in [2.75, 3.05) is 46.3 Å². The van der Waals surface area contributed by atoms with E-state index in [1.807, 2.05) is 0 Å². The molecule has 30 heavy (non-hydrogen) atoms. The summed E-state index contributed by atoms with van der Waals surface area (Å²) in [6.45, 7) is 0.447. The van der Waals surface area contributed by atoms with Gasteiger partial charge in [0.2, 0.25) is 11.9 Å². The first kappa shape index (κ1) is 26.3. The zero-order chi connectivity index (χ0) is 22.5. The second kappa shape index (κ2) is 14.3. The van der Waals surface area contributed by atoms with E-state index in [0.717, 1.165) is 24.6 Å². The van der Waals surface area contributed by atoms with Crippen molar-refractivity contribution in [2.45, 2.75) is 50.2 Å². The number of rotatable bonds is 12. The van der Waals surface area contributed by atoms with Crippen LogP contribution in [0.15, 0.2) is 0 Å². The Labute approximate surface area is 185 Å². The van der Waals surface area contributed by atoms with Crippen LogP contribution < -0.4 is 10.6 Å². The zero-order valence-corrected chi connectivity index (χ0v) is 19.4. The maximum atomic E-state index is 12.4. The number of halogens is 1. The molecule has 0 saturated heterocycles. The van der Waals surface area contributed by atoms with Crippen molar-refractivity contribution in [3.05, 3.63) is 0 Å². The fourth-order valence-electron chi connectivity index (χ4n) is 3.48. The van der Waals surface area contributed by atoms with Crippen LogP contribution in [0.1, 0.15) is 32.1 Å². The van der Waals surface area contributed by atoms with Gasteiger partial charge in [0.05, 0.1) is 34.4 Å². The lowest BCUT2D eigenvalue weighted by molar-refractivity contribution is -0.156. The van der Waals surface area contributed by atoms with Gasteiger partial charge in [0.1, 0.15) is 0 Å². The van der Waals surface area contributed by atoms with E-state index in [-0.39, 0.29) is 31.1 Å². The van der Waals surface area contributed by atoms with Crippen LogP contribution in [-0.4, -0.2) is 93.1 Å². The number of carbonyl (C=O) groups excluding carboxylic acids is 4. The third-order valence-electron chi connectivity index (χ3n) is 4.99. The van der Waals surface area contributed by atoms with E-state index in [1.54, 1.807) is 4.90 Å². The van der Waals surface area contributed by atoms with Crippen molar-refractivity contribution < 1.29 is 33.4 Å². The number of methoxy groups -OCH3 is 3. The Morgan fingerprint density at radius 3 is 2.20 bits per heavy atom. The van der Waals surface area contributed by atoms with Crippen molar-refractivity contribution in [1.29, 1.82) is 0 Å². The standard InChI is InChI=1S/C19H32BrN3O7/c1-28-16(25)12-23(11-15(24)21-10-6-9-20)14-8-5-4-7-13(14)22-17(18(26)29-2)19(27)30-3/h13-14,17,22H,4-12H2,1-3H3,(H,21,24). The molecule has 1 rings (SSSR count). The van der Waals surface area contributed by atoms with Gasteiger partial charge < -0.3 is 19.5 Å². The highest BCUT2D eigenvalue weighted by Gasteiger charge is 2.38. The van der Waals surface area contributed by atoms with Crippen molar-refractivity contribution in [3.63, 3.8) is 0 Å². The average Bonchev–Trinajstić information content (AvgIpc) is 2.76. The summed E-state index contributed by atoms with van der Waals surface area (Å²) in [5.41, 5.74) is 0. The molecule has 2 atom stereocenters. The predicted octanol–water partition coefficient (Wildman–Crippen LogP) is -0.0220. The zero-order valence-electron chi connectivity index (χ0n) is 17.8. The molecule has 0 radical (unpaired) electrons. The van der Waals surface area contributed by atoms with Gasteiger partial charge in [-0.25, -0.2) is 9.59 Å². The number of nitrogens with one attached hydrogen (secondary N) is 2. The molecule has 10 nitrogen and oxygen atoms in total. The minimum absolute atomic E-state index is 0.00134. The molecule has 0 aliphatic heterocycles. The van der Waals surface area contributed by atoms with Gasteiger partial charge in [0.25, 0.3) is 0 Å². The van der Waals surface area contributed by atoms with Crippen LogP contribution in [0.5, 0.6) is 0 Å². The van der Waals surface area contributed by atoms with Crippen LogP contribution in [0.4, 0.5) is 0 Å². The molecular formula is C19H32BrN3O7. The molecule has 0 aromatic heterocycles. The van der Waals surface area contributed by atoms with Gasteiger partial charge in [-0.15, -0.1) is 0 Å². The van der Waals surface area contributed by atoms with E-state index in [9.17, 15) is 19.2 Å². The first-order valence-corrected chi connectivity index (χ1v) is 11.0. The van der Waals surface area contributed by atoms with Gasteiger partial charge in [-0.1, -0.05) is 28.8 Å². The van der Waals surface area contributed by atoms with E-state index in [4.69, 9.17) is 14.2 Å². The van der Waals surface area contributed by atoms with Gasteiger partial charge in [-0.3, -0.25) is 19.8 Å². The van der Waals surface area contributed by atoms with E-state index in [0.29, 0.717) is 19.4 Å². The lowest BCUT2D eigenvalue weighted by atomic mass is 9.88. The Morgan fingerprint density at radius 1 is 1.00 bits per heavy atom. The summed E-state index contributed by atoms with van der Waals surface area (Å²) in [4.78, 5) is 50.2. The highest BCUT2D eigenvalue weighted by molar-refractivity contribution is 9.09. The normalized spacial score (nSPS) is 18.7. The SMILES string of the molecule is COC(=O)CN(CC(=O)NCCCBr)C1CCCCC1NC(C(=O)OC)C(=O)OC. The molecule has 0 aromatic carbocycles. The fourth-order valence-corrected chi connectivity index (χ4v) is 3.76. The van der Waals surface area contributed by atoms with Gasteiger partial charge in [0.15, 0.2) is 0 Å². The molecule has 1 fully saturated rings. The van der Waals surface area contributed by atoms with Crippen molar-refractivity contribution in [2.24, 2.45) is 0 Å². The van der Waals surface area contributed by atoms with Gasteiger partial charge >= 0.3 is 17.9 Å². The lowest BCUT2D eigenvalue weighted by Gasteiger charge is -2.40. The summed E-state index contributed by atoms with van der Waals surface area (Å²) < 4.78 is 14.2. The second-order valence-corrected chi connectivity index (χ2v) is 7.77. The Kier molecular flexibility index (Phi) is 12.6. The first-order chi connectivity index (χ1) is 14.4. The fraction of sp³-hybridized carbons (Fsp3) is 0.789. The molecule has 0 bridgehead atoms. The molecule has 0 spiro atoms. The Morgan fingerprint density at radius 2 is 1.63 bits per heavy atom. The predicted molar refractivity (Wildman–Crippen MR) is 112 cm³/mol. The van der Waals surface area contributed by atoms with Crippen molar-refractivity contribution >= 4 is 39.7 Å². The maximum Gasteiger partial charge on any atom is 0.334 e. The highest BCUT2D eigenvalue weighted by Crippen LogP contribution is 2.24. The van der Waals surface area contributed by atoms with E-state index < -0.39 is 23.9 Å². The number of nitrogens with zero attached hydrogens (tertiary/aromatic N) is 1. The summed E-state index contributed by atoms with van der Waals surface area (Å²) in [7, 11) is 3.68. The number of alkyl halides is 1. The smallest absolute Gasteiger partial charge is 0.334 e. The quantitative estimate of drug-likeness (QED) is 0.127. The van der Waals surface area contributed by atoms with E-state index >= 15 is 0 Å². The summed E-state index contributed by atoms with van der Waals surface area (Å²) in [5.74, 6) is -2.18. The monoisotopic (exact) mass is 493 g/mol. The van der Waals surface area contributed by atoms with E-state index in [2.05, 4.69) is 26.6 Å². The number of carbonyl (C=O) groups is 4. The summed E-state index contributed by atoms with van der Waals surface area (Å²) in [5, 5.41) is 6.62. The molecule has 1 saturated carbocycles. The molecule has 172 valence electrons. The van der Waals surface area contributed by atoms with Gasteiger partial charge in [-0.05, 0) is 19.3 Å². The van der Waals surface area contributed by atoms with Crippen LogP contribution in [0.25, 0.3) is 0 Å². The van der Waals surface area contributed by atoms with Gasteiger partial charge in [0, 0.05) is 24.0 Å². The molecule has 2 unspecified atom stereocenters.